The van der Waals surface area contributed by atoms with Crippen molar-refractivity contribution in [1.82, 2.24) is 19.7 Å². The maximum atomic E-state index is 12.4. The second-order valence-electron chi connectivity index (χ2n) is 7.62. The van der Waals surface area contributed by atoms with Crippen molar-refractivity contribution in [3.05, 3.63) is 54.4 Å². The van der Waals surface area contributed by atoms with E-state index in [2.05, 4.69) is 19.5 Å². The van der Waals surface area contributed by atoms with Gasteiger partial charge in [-0.3, -0.25) is 4.98 Å². The van der Waals surface area contributed by atoms with Gasteiger partial charge in [0.05, 0.1) is 23.8 Å². The molecule has 1 aromatic carbocycles. The zero-order valence-corrected chi connectivity index (χ0v) is 18.5. The van der Waals surface area contributed by atoms with Crippen LogP contribution < -0.4 is 14.5 Å². The van der Waals surface area contributed by atoms with E-state index in [1.165, 1.54) is 7.05 Å². The van der Waals surface area contributed by atoms with Gasteiger partial charge in [0.2, 0.25) is 16.0 Å². The number of benzene rings is 1. The summed E-state index contributed by atoms with van der Waals surface area (Å²) >= 11 is 0. The highest BCUT2D eigenvalue weighted by molar-refractivity contribution is 7.89. The van der Waals surface area contributed by atoms with E-state index in [0.29, 0.717) is 32.3 Å². The summed E-state index contributed by atoms with van der Waals surface area (Å²) in [6, 6.07) is 10.8. The summed E-state index contributed by atoms with van der Waals surface area (Å²) in [5, 5.41) is 0. The fourth-order valence-electron chi connectivity index (χ4n) is 4.09. The van der Waals surface area contributed by atoms with Crippen molar-refractivity contribution >= 4 is 27.5 Å². The molecular weight excluding hydrogens is 428 g/mol. The number of ether oxygens (including phenoxy) is 1. The van der Waals surface area contributed by atoms with Crippen LogP contribution in [0.1, 0.15) is 5.56 Å². The van der Waals surface area contributed by atoms with Crippen molar-refractivity contribution in [3.8, 4) is 11.3 Å². The normalized spacial score (nSPS) is 16.3. The van der Waals surface area contributed by atoms with Crippen molar-refractivity contribution in [2.24, 2.45) is 0 Å². The Bertz CT molecular complexity index is 1230. The lowest BCUT2D eigenvalue weighted by Crippen LogP contribution is -2.37. The van der Waals surface area contributed by atoms with Crippen LogP contribution in [0.15, 0.2) is 53.7 Å². The number of morpholine rings is 1. The number of sulfonamides is 1. The molecule has 1 N–H and O–H groups in total. The van der Waals surface area contributed by atoms with E-state index in [1.54, 1.807) is 30.6 Å². The van der Waals surface area contributed by atoms with Gasteiger partial charge in [-0.25, -0.2) is 18.1 Å². The third kappa shape index (κ3) is 3.81. The molecule has 1 fully saturated rings. The smallest absolute Gasteiger partial charge is 0.240 e. The molecule has 9 nitrogen and oxygen atoms in total. The number of pyridine rings is 1. The first-order valence-corrected chi connectivity index (χ1v) is 12.0. The first kappa shape index (κ1) is 20.8. The molecule has 166 valence electrons. The molecule has 3 aromatic rings. The number of rotatable bonds is 5. The third-order valence-corrected chi connectivity index (χ3v) is 7.18. The third-order valence-electron chi connectivity index (χ3n) is 5.77. The van der Waals surface area contributed by atoms with Gasteiger partial charge < -0.3 is 14.5 Å². The minimum Gasteiger partial charge on any atom is -0.378 e. The summed E-state index contributed by atoms with van der Waals surface area (Å²) in [5.74, 6) is 1.48. The lowest BCUT2D eigenvalue weighted by Gasteiger charge is -2.28. The second kappa shape index (κ2) is 8.45. The van der Waals surface area contributed by atoms with Crippen LogP contribution in [0.3, 0.4) is 0 Å². The van der Waals surface area contributed by atoms with E-state index in [4.69, 9.17) is 14.7 Å². The van der Waals surface area contributed by atoms with E-state index in [0.717, 1.165) is 41.3 Å². The molecule has 2 aliphatic heterocycles. The fraction of sp³-hybridized carbons (Fsp3) is 0.318. The van der Waals surface area contributed by atoms with Crippen LogP contribution in [-0.2, 0) is 21.2 Å². The van der Waals surface area contributed by atoms with Crippen molar-refractivity contribution < 1.29 is 13.2 Å². The molecular formula is C22H24N6O3S. The Balaban J connectivity index is 1.66. The van der Waals surface area contributed by atoms with Crippen LogP contribution in [0, 0.1) is 0 Å². The molecule has 0 amide bonds. The Labute approximate surface area is 187 Å². The highest BCUT2D eigenvalue weighted by atomic mass is 32.2. The predicted octanol–water partition coefficient (Wildman–Crippen LogP) is 1.98. The van der Waals surface area contributed by atoms with E-state index in [1.807, 2.05) is 18.2 Å². The average Bonchev–Trinajstić information content (AvgIpc) is 3.29. The Morgan fingerprint density at radius 2 is 1.81 bits per heavy atom. The molecule has 0 bridgehead atoms. The molecule has 0 radical (unpaired) electrons. The Hall–Kier alpha value is -3.08. The van der Waals surface area contributed by atoms with E-state index < -0.39 is 10.0 Å². The molecule has 10 heteroatoms. The summed E-state index contributed by atoms with van der Waals surface area (Å²) in [4.78, 5) is 18.5. The molecule has 0 saturated carbocycles. The summed E-state index contributed by atoms with van der Waals surface area (Å²) < 4.78 is 32.7. The van der Waals surface area contributed by atoms with Crippen molar-refractivity contribution in [3.63, 3.8) is 0 Å². The summed E-state index contributed by atoms with van der Waals surface area (Å²) in [5.41, 5.74) is 3.55. The molecule has 2 aromatic heterocycles. The van der Waals surface area contributed by atoms with Crippen LogP contribution in [-0.4, -0.2) is 63.3 Å². The number of hydrogen-bond acceptors (Lipinski definition) is 8. The quantitative estimate of drug-likeness (QED) is 0.627. The van der Waals surface area contributed by atoms with E-state index in [9.17, 15) is 8.42 Å². The van der Waals surface area contributed by atoms with Gasteiger partial charge in [0.1, 0.15) is 5.82 Å². The van der Waals surface area contributed by atoms with Crippen molar-refractivity contribution in [2.45, 2.75) is 11.3 Å². The molecule has 0 atom stereocenters. The molecule has 0 unspecified atom stereocenters. The van der Waals surface area contributed by atoms with Gasteiger partial charge in [0.15, 0.2) is 0 Å². The summed E-state index contributed by atoms with van der Waals surface area (Å²) in [6.07, 6.45) is 4.30. The number of nitrogens with zero attached hydrogens (tertiary/aromatic N) is 5. The van der Waals surface area contributed by atoms with Gasteiger partial charge in [-0.1, -0.05) is 12.1 Å². The first-order valence-electron chi connectivity index (χ1n) is 10.5. The van der Waals surface area contributed by atoms with Crippen LogP contribution in [0.5, 0.6) is 0 Å². The Morgan fingerprint density at radius 1 is 1.03 bits per heavy atom. The Morgan fingerprint density at radius 3 is 2.56 bits per heavy atom. The lowest BCUT2D eigenvalue weighted by molar-refractivity contribution is 0.122. The zero-order chi connectivity index (χ0) is 22.1. The van der Waals surface area contributed by atoms with Gasteiger partial charge in [0, 0.05) is 48.8 Å². The maximum Gasteiger partial charge on any atom is 0.240 e. The monoisotopic (exact) mass is 452 g/mol. The van der Waals surface area contributed by atoms with Gasteiger partial charge in [0.25, 0.3) is 0 Å². The predicted molar refractivity (Wildman–Crippen MR) is 122 cm³/mol. The fourth-order valence-corrected chi connectivity index (χ4v) is 4.87. The van der Waals surface area contributed by atoms with Crippen LogP contribution in [0.2, 0.25) is 0 Å². The molecule has 4 heterocycles. The highest BCUT2D eigenvalue weighted by Crippen LogP contribution is 2.39. The summed E-state index contributed by atoms with van der Waals surface area (Å²) in [6.45, 7) is 3.44. The number of anilines is 3. The molecule has 32 heavy (non-hydrogen) atoms. The molecule has 5 rings (SSSR count). The number of hydrogen-bond donors (Lipinski definition) is 1. The molecule has 1 saturated heterocycles. The highest BCUT2D eigenvalue weighted by Gasteiger charge is 2.29. The second-order valence-corrected chi connectivity index (χ2v) is 9.50. The van der Waals surface area contributed by atoms with Gasteiger partial charge >= 0.3 is 0 Å². The minimum atomic E-state index is -3.56. The van der Waals surface area contributed by atoms with Gasteiger partial charge in [-0.2, -0.15) is 4.98 Å². The molecule has 0 aliphatic carbocycles. The first-order chi connectivity index (χ1) is 15.6. The molecule has 0 spiro atoms. The molecule has 2 aliphatic rings. The van der Waals surface area contributed by atoms with Gasteiger partial charge in [-0.05, 0) is 37.7 Å². The van der Waals surface area contributed by atoms with Crippen LogP contribution >= 0.6 is 0 Å². The van der Waals surface area contributed by atoms with Crippen molar-refractivity contribution in [1.29, 1.82) is 0 Å². The van der Waals surface area contributed by atoms with Crippen LogP contribution in [0.4, 0.5) is 17.5 Å². The topological polar surface area (TPSA) is 101 Å². The SMILES string of the molecule is CNS(=O)(=O)c1cccc(-c2nc(N3CCOCC3)nc3c2CCN3c2ccncc2)c1. The Kier molecular flexibility index (Phi) is 5.50. The largest absolute Gasteiger partial charge is 0.378 e. The average molecular weight is 453 g/mol. The minimum absolute atomic E-state index is 0.210. The standard InChI is InChI=1S/C22H24N6O3S/c1-23-32(29,30)18-4-2-3-16(15-18)20-19-7-10-28(17-5-8-24-9-6-17)21(19)26-22(25-20)27-11-13-31-14-12-27/h2-6,8-9,15,23H,7,10-14H2,1H3. The number of nitrogens with one attached hydrogen (secondary N) is 1. The van der Waals surface area contributed by atoms with E-state index >= 15 is 0 Å². The zero-order valence-electron chi connectivity index (χ0n) is 17.7. The van der Waals surface area contributed by atoms with Crippen LogP contribution in [0.25, 0.3) is 11.3 Å². The van der Waals surface area contributed by atoms with Gasteiger partial charge in [-0.15, -0.1) is 0 Å². The summed E-state index contributed by atoms with van der Waals surface area (Å²) in [7, 11) is -2.15. The van der Waals surface area contributed by atoms with E-state index in [-0.39, 0.29) is 4.90 Å². The van der Waals surface area contributed by atoms with Crippen molar-refractivity contribution in [2.75, 3.05) is 49.7 Å². The number of aromatic nitrogens is 3. The maximum absolute atomic E-state index is 12.4. The number of fused-ring (bicyclic) bond motifs is 1. The lowest BCUT2D eigenvalue weighted by atomic mass is 10.1.